The molecule has 0 spiro atoms. The molecule has 1 amide bonds. The molecule has 2 aromatic rings. The summed E-state index contributed by atoms with van der Waals surface area (Å²) in [4.78, 5) is 23.6. The molecule has 1 atom stereocenters. The number of methoxy groups -OCH3 is 2. The average Bonchev–Trinajstić information content (AvgIpc) is 2.69. The molecule has 27 heavy (non-hydrogen) atoms. The highest BCUT2D eigenvalue weighted by molar-refractivity contribution is 5.77. The maximum Gasteiger partial charge on any atom is 0.308 e. The van der Waals surface area contributed by atoms with Crippen LogP contribution in [0.15, 0.2) is 48.5 Å². The molecule has 6 nitrogen and oxygen atoms in total. The van der Waals surface area contributed by atoms with E-state index in [-0.39, 0.29) is 18.9 Å². The molecule has 0 saturated heterocycles. The van der Waals surface area contributed by atoms with Crippen molar-refractivity contribution in [2.75, 3.05) is 20.8 Å². The molecule has 0 fully saturated rings. The van der Waals surface area contributed by atoms with Gasteiger partial charge in [0.1, 0.15) is 11.5 Å². The van der Waals surface area contributed by atoms with Crippen LogP contribution in [-0.2, 0) is 22.4 Å². The van der Waals surface area contributed by atoms with Crippen molar-refractivity contribution in [2.45, 2.75) is 19.3 Å². The first-order valence-electron chi connectivity index (χ1n) is 8.77. The molecule has 1 unspecified atom stereocenters. The van der Waals surface area contributed by atoms with Crippen molar-refractivity contribution in [3.05, 3.63) is 59.7 Å². The number of benzene rings is 2. The molecule has 0 saturated carbocycles. The Morgan fingerprint density at radius 1 is 1.00 bits per heavy atom. The maximum atomic E-state index is 12.1. The highest BCUT2D eigenvalue weighted by Gasteiger charge is 2.19. The van der Waals surface area contributed by atoms with Crippen LogP contribution in [0.1, 0.15) is 17.5 Å². The molecule has 144 valence electrons. The first kappa shape index (κ1) is 20.3. The van der Waals surface area contributed by atoms with E-state index in [1.807, 2.05) is 42.5 Å². The number of amides is 1. The van der Waals surface area contributed by atoms with Gasteiger partial charge in [0, 0.05) is 19.0 Å². The van der Waals surface area contributed by atoms with Crippen LogP contribution in [0.5, 0.6) is 11.5 Å². The van der Waals surface area contributed by atoms with E-state index in [0.29, 0.717) is 24.3 Å². The topological polar surface area (TPSA) is 84.9 Å². The predicted octanol–water partition coefficient (Wildman–Crippen LogP) is 2.70. The summed E-state index contributed by atoms with van der Waals surface area (Å²) in [5.74, 6) is -0.432. The zero-order chi connectivity index (χ0) is 19.6. The molecule has 2 rings (SSSR count). The standard InChI is InChI=1S/C21H25NO5/c1-26-18-11-16(12-19(13-18)27-2)8-9-20(23)22-14-17(21(24)25)10-15-6-4-3-5-7-15/h3-7,11-13,17H,8-10,14H2,1-2H3,(H,22,23)(H,24,25). The lowest BCUT2D eigenvalue weighted by molar-refractivity contribution is -0.141. The number of nitrogens with one attached hydrogen (secondary N) is 1. The molecule has 0 aliphatic carbocycles. The Kier molecular flexibility index (Phi) is 7.67. The number of rotatable bonds is 10. The minimum absolute atomic E-state index is 0.102. The molecule has 0 aliphatic rings. The molecular weight excluding hydrogens is 346 g/mol. The van der Waals surface area contributed by atoms with E-state index in [1.54, 1.807) is 20.3 Å². The van der Waals surface area contributed by atoms with Crippen molar-refractivity contribution in [3.63, 3.8) is 0 Å². The zero-order valence-corrected chi connectivity index (χ0v) is 15.6. The van der Waals surface area contributed by atoms with Gasteiger partial charge in [-0.2, -0.15) is 0 Å². The summed E-state index contributed by atoms with van der Waals surface area (Å²) in [6, 6.07) is 14.9. The molecule has 0 heterocycles. The van der Waals surface area contributed by atoms with Crippen molar-refractivity contribution in [3.8, 4) is 11.5 Å². The second-order valence-corrected chi connectivity index (χ2v) is 6.25. The number of carboxylic acids is 1. The number of ether oxygens (including phenoxy) is 2. The van der Waals surface area contributed by atoms with Gasteiger partial charge in [0.15, 0.2) is 0 Å². The number of aliphatic carboxylic acids is 1. The number of hydrogen-bond acceptors (Lipinski definition) is 4. The Morgan fingerprint density at radius 3 is 2.19 bits per heavy atom. The molecule has 0 bridgehead atoms. The van der Waals surface area contributed by atoms with Crippen LogP contribution in [0.4, 0.5) is 0 Å². The van der Waals surface area contributed by atoms with E-state index in [9.17, 15) is 14.7 Å². The predicted molar refractivity (Wildman–Crippen MR) is 102 cm³/mol. The minimum atomic E-state index is -0.920. The largest absolute Gasteiger partial charge is 0.497 e. The van der Waals surface area contributed by atoms with Crippen LogP contribution in [0.2, 0.25) is 0 Å². The van der Waals surface area contributed by atoms with Gasteiger partial charge >= 0.3 is 5.97 Å². The highest BCUT2D eigenvalue weighted by Crippen LogP contribution is 2.23. The van der Waals surface area contributed by atoms with E-state index in [1.165, 1.54) is 0 Å². The third-order valence-electron chi connectivity index (χ3n) is 4.27. The van der Waals surface area contributed by atoms with E-state index >= 15 is 0 Å². The van der Waals surface area contributed by atoms with Gasteiger partial charge in [0.2, 0.25) is 5.91 Å². The second kappa shape index (κ2) is 10.2. The SMILES string of the molecule is COc1cc(CCC(=O)NCC(Cc2ccccc2)C(=O)O)cc(OC)c1. The van der Waals surface area contributed by atoms with E-state index in [4.69, 9.17) is 9.47 Å². The van der Waals surface area contributed by atoms with Gasteiger partial charge in [-0.15, -0.1) is 0 Å². The van der Waals surface area contributed by atoms with Crippen molar-refractivity contribution in [1.29, 1.82) is 0 Å². The lowest BCUT2D eigenvalue weighted by Crippen LogP contribution is -2.34. The van der Waals surface area contributed by atoms with E-state index < -0.39 is 11.9 Å². The van der Waals surface area contributed by atoms with Crippen molar-refractivity contribution >= 4 is 11.9 Å². The second-order valence-electron chi connectivity index (χ2n) is 6.25. The fourth-order valence-electron chi connectivity index (χ4n) is 2.74. The number of carbonyl (C=O) groups is 2. The summed E-state index contributed by atoms with van der Waals surface area (Å²) in [6.07, 6.45) is 1.15. The van der Waals surface area contributed by atoms with Crippen LogP contribution in [0.25, 0.3) is 0 Å². The highest BCUT2D eigenvalue weighted by atomic mass is 16.5. The molecule has 2 N–H and O–H groups in total. The Hall–Kier alpha value is -3.02. The van der Waals surface area contributed by atoms with Crippen LogP contribution in [0, 0.1) is 5.92 Å². The smallest absolute Gasteiger partial charge is 0.308 e. The fourth-order valence-corrected chi connectivity index (χ4v) is 2.74. The Morgan fingerprint density at radius 2 is 1.63 bits per heavy atom. The summed E-state index contributed by atoms with van der Waals surface area (Å²) >= 11 is 0. The number of aryl methyl sites for hydroxylation is 1. The van der Waals surface area contributed by atoms with Crippen molar-refractivity contribution < 1.29 is 24.2 Å². The fraction of sp³-hybridized carbons (Fsp3) is 0.333. The van der Waals surface area contributed by atoms with Crippen LogP contribution >= 0.6 is 0 Å². The zero-order valence-electron chi connectivity index (χ0n) is 15.6. The Balaban J connectivity index is 1.86. The van der Waals surface area contributed by atoms with Gasteiger partial charge in [0.25, 0.3) is 0 Å². The van der Waals surface area contributed by atoms with Crippen LogP contribution in [0.3, 0.4) is 0 Å². The molecule has 0 aromatic heterocycles. The lowest BCUT2D eigenvalue weighted by atomic mass is 9.99. The molecular formula is C21H25NO5. The lowest BCUT2D eigenvalue weighted by Gasteiger charge is -2.14. The third-order valence-corrected chi connectivity index (χ3v) is 4.27. The van der Waals surface area contributed by atoms with Gasteiger partial charge < -0.3 is 19.9 Å². The third kappa shape index (κ3) is 6.66. The minimum Gasteiger partial charge on any atom is -0.497 e. The Bertz CT molecular complexity index is 738. The van der Waals surface area contributed by atoms with Crippen molar-refractivity contribution in [1.82, 2.24) is 5.32 Å². The van der Waals surface area contributed by atoms with Gasteiger partial charge in [-0.1, -0.05) is 30.3 Å². The number of carbonyl (C=O) groups excluding carboxylic acids is 1. The molecule has 0 radical (unpaired) electrons. The van der Waals surface area contributed by atoms with Gasteiger partial charge in [-0.05, 0) is 36.1 Å². The maximum absolute atomic E-state index is 12.1. The summed E-state index contributed by atoms with van der Waals surface area (Å²) in [7, 11) is 3.15. The monoisotopic (exact) mass is 371 g/mol. The van der Waals surface area contributed by atoms with E-state index in [2.05, 4.69) is 5.32 Å². The number of carboxylic acid groups (broad SMARTS) is 1. The first-order valence-corrected chi connectivity index (χ1v) is 8.77. The quantitative estimate of drug-likeness (QED) is 0.671. The van der Waals surface area contributed by atoms with Crippen LogP contribution < -0.4 is 14.8 Å². The summed E-state index contributed by atoms with van der Waals surface area (Å²) < 4.78 is 10.4. The Labute approximate surface area is 159 Å². The normalized spacial score (nSPS) is 11.5. The first-order chi connectivity index (χ1) is 13.0. The molecule has 2 aromatic carbocycles. The van der Waals surface area contributed by atoms with Gasteiger partial charge in [-0.25, -0.2) is 0 Å². The van der Waals surface area contributed by atoms with Gasteiger partial charge in [-0.3, -0.25) is 9.59 Å². The average molecular weight is 371 g/mol. The summed E-state index contributed by atoms with van der Waals surface area (Å²) in [5.41, 5.74) is 1.85. The number of hydrogen-bond donors (Lipinski definition) is 2. The summed E-state index contributed by atoms with van der Waals surface area (Å²) in [5, 5.41) is 12.1. The van der Waals surface area contributed by atoms with Crippen molar-refractivity contribution in [2.24, 2.45) is 5.92 Å². The van der Waals surface area contributed by atoms with E-state index in [0.717, 1.165) is 11.1 Å². The summed E-state index contributed by atoms with van der Waals surface area (Å²) in [6.45, 7) is 0.102. The molecule has 6 heteroatoms. The van der Waals surface area contributed by atoms with Crippen LogP contribution in [-0.4, -0.2) is 37.7 Å². The molecule has 0 aliphatic heterocycles. The van der Waals surface area contributed by atoms with Gasteiger partial charge in [0.05, 0.1) is 20.1 Å².